The van der Waals surface area contributed by atoms with Crippen LogP contribution in [0.25, 0.3) is 0 Å². The molecule has 94 valence electrons. The highest BCUT2D eigenvalue weighted by Crippen LogP contribution is 2.38. The summed E-state index contributed by atoms with van der Waals surface area (Å²) in [5.41, 5.74) is 0.659. The van der Waals surface area contributed by atoms with E-state index in [0.717, 1.165) is 0 Å². The lowest BCUT2D eigenvalue weighted by Crippen LogP contribution is -2.17. The number of ketones is 1. The Hall–Kier alpha value is -1.51. The van der Waals surface area contributed by atoms with Gasteiger partial charge in [0.25, 0.3) is 0 Å². The van der Waals surface area contributed by atoms with Gasteiger partial charge >= 0.3 is 0 Å². The molecule has 1 aromatic carbocycles. The Balaban J connectivity index is 3.24. The molecule has 3 heteroatoms. The second-order valence-electron chi connectivity index (χ2n) is 4.44. The van der Waals surface area contributed by atoms with Gasteiger partial charge in [0.15, 0.2) is 11.5 Å². The molecule has 0 aliphatic carbocycles. The van der Waals surface area contributed by atoms with Crippen molar-refractivity contribution in [1.29, 1.82) is 0 Å². The van der Waals surface area contributed by atoms with E-state index in [1.807, 2.05) is 20.8 Å². The summed E-state index contributed by atoms with van der Waals surface area (Å²) >= 11 is 0. The Morgan fingerprint density at radius 3 is 2.53 bits per heavy atom. The SMILES string of the molecule is CCC(=O)C(c1cccc(OC)c1O)C(C)C. The maximum absolute atomic E-state index is 12.0. The van der Waals surface area contributed by atoms with Gasteiger partial charge in [0.1, 0.15) is 5.78 Å². The van der Waals surface area contributed by atoms with Crippen molar-refractivity contribution in [2.75, 3.05) is 7.11 Å². The Labute approximate surface area is 102 Å². The summed E-state index contributed by atoms with van der Waals surface area (Å²) in [6.07, 6.45) is 0.472. The molecule has 0 amide bonds. The minimum absolute atomic E-state index is 0.0792. The molecule has 1 rings (SSSR count). The number of Topliss-reactive ketones (excluding diaryl/α,β-unsaturated/α-hetero) is 1. The third-order valence-electron chi connectivity index (χ3n) is 2.95. The highest BCUT2D eigenvalue weighted by atomic mass is 16.5. The monoisotopic (exact) mass is 236 g/mol. The summed E-state index contributed by atoms with van der Waals surface area (Å²) in [7, 11) is 1.50. The molecule has 1 aromatic rings. The van der Waals surface area contributed by atoms with Gasteiger partial charge in [0.2, 0.25) is 0 Å². The Kier molecular flexibility index (Phi) is 4.55. The van der Waals surface area contributed by atoms with Gasteiger partial charge in [-0.2, -0.15) is 0 Å². The summed E-state index contributed by atoms with van der Waals surface area (Å²) in [6, 6.07) is 5.27. The molecular weight excluding hydrogens is 216 g/mol. The topological polar surface area (TPSA) is 46.5 Å². The zero-order chi connectivity index (χ0) is 13.0. The van der Waals surface area contributed by atoms with E-state index in [1.54, 1.807) is 18.2 Å². The Morgan fingerprint density at radius 1 is 1.41 bits per heavy atom. The first-order valence-electron chi connectivity index (χ1n) is 5.91. The van der Waals surface area contributed by atoms with Crippen molar-refractivity contribution in [2.45, 2.75) is 33.1 Å². The minimum Gasteiger partial charge on any atom is -0.504 e. The molecular formula is C14H20O3. The van der Waals surface area contributed by atoms with E-state index >= 15 is 0 Å². The summed E-state index contributed by atoms with van der Waals surface area (Å²) in [5.74, 6) is 0.520. The van der Waals surface area contributed by atoms with Crippen molar-refractivity contribution in [2.24, 2.45) is 5.92 Å². The molecule has 0 saturated carbocycles. The minimum atomic E-state index is -0.268. The van der Waals surface area contributed by atoms with Gasteiger partial charge in [-0.1, -0.05) is 32.9 Å². The maximum Gasteiger partial charge on any atom is 0.161 e. The van der Waals surface area contributed by atoms with E-state index in [4.69, 9.17) is 4.74 Å². The molecule has 1 N–H and O–H groups in total. The van der Waals surface area contributed by atoms with Gasteiger partial charge < -0.3 is 9.84 Å². The first-order valence-corrected chi connectivity index (χ1v) is 5.91. The van der Waals surface area contributed by atoms with Crippen molar-refractivity contribution in [1.82, 2.24) is 0 Å². The van der Waals surface area contributed by atoms with Crippen LogP contribution in [0.4, 0.5) is 0 Å². The first-order chi connectivity index (χ1) is 8.02. The molecule has 0 aromatic heterocycles. The van der Waals surface area contributed by atoms with Crippen LogP contribution in [0.2, 0.25) is 0 Å². The smallest absolute Gasteiger partial charge is 0.161 e. The number of hydrogen-bond donors (Lipinski definition) is 1. The molecule has 0 aliphatic heterocycles. The van der Waals surface area contributed by atoms with Crippen molar-refractivity contribution in [3.8, 4) is 11.5 Å². The average molecular weight is 236 g/mol. The maximum atomic E-state index is 12.0. The number of benzene rings is 1. The lowest BCUT2D eigenvalue weighted by Gasteiger charge is -2.21. The van der Waals surface area contributed by atoms with Crippen LogP contribution in [-0.2, 0) is 4.79 Å². The van der Waals surface area contributed by atoms with E-state index in [9.17, 15) is 9.90 Å². The molecule has 0 heterocycles. The number of rotatable bonds is 5. The van der Waals surface area contributed by atoms with Gasteiger partial charge in [-0.3, -0.25) is 4.79 Å². The van der Waals surface area contributed by atoms with Crippen LogP contribution in [0.15, 0.2) is 18.2 Å². The lowest BCUT2D eigenvalue weighted by molar-refractivity contribution is -0.121. The zero-order valence-corrected chi connectivity index (χ0v) is 10.9. The van der Waals surface area contributed by atoms with Crippen molar-refractivity contribution < 1.29 is 14.6 Å². The number of phenols is 1. The van der Waals surface area contributed by atoms with Gasteiger partial charge in [0.05, 0.1) is 7.11 Å². The highest BCUT2D eigenvalue weighted by Gasteiger charge is 2.26. The van der Waals surface area contributed by atoms with Gasteiger partial charge in [-0.05, 0) is 12.0 Å². The predicted molar refractivity (Wildman–Crippen MR) is 67.5 cm³/mol. The second kappa shape index (κ2) is 5.71. The Bertz CT molecular complexity index is 396. The second-order valence-corrected chi connectivity index (χ2v) is 4.44. The third kappa shape index (κ3) is 2.78. The summed E-state index contributed by atoms with van der Waals surface area (Å²) in [5, 5.41) is 10.1. The molecule has 1 unspecified atom stereocenters. The van der Waals surface area contributed by atoms with Crippen molar-refractivity contribution >= 4 is 5.78 Å². The summed E-state index contributed by atoms with van der Waals surface area (Å²) < 4.78 is 5.07. The number of methoxy groups -OCH3 is 1. The van der Waals surface area contributed by atoms with Crippen LogP contribution in [-0.4, -0.2) is 18.0 Å². The fourth-order valence-electron chi connectivity index (χ4n) is 2.08. The number of aromatic hydroxyl groups is 1. The molecule has 0 aliphatic rings. The van der Waals surface area contributed by atoms with Crippen LogP contribution < -0.4 is 4.74 Å². The fraction of sp³-hybridized carbons (Fsp3) is 0.500. The summed E-state index contributed by atoms with van der Waals surface area (Å²) in [4.78, 5) is 12.0. The predicted octanol–water partition coefficient (Wildman–Crippen LogP) is 3.12. The van der Waals surface area contributed by atoms with E-state index in [0.29, 0.717) is 17.7 Å². The van der Waals surface area contributed by atoms with Crippen molar-refractivity contribution in [3.05, 3.63) is 23.8 Å². The number of ether oxygens (including phenoxy) is 1. The number of para-hydroxylation sites is 1. The van der Waals surface area contributed by atoms with Crippen LogP contribution in [0.5, 0.6) is 11.5 Å². The molecule has 0 spiro atoms. The van der Waals surface area contributed by atoms with Crippen LogP contribution in [0, 0.1) is 5.92 Å². The van der Waals surface area contributed by atoms with E-state index in [1.165, 1.54) is 7.11 Å². The third-order valence-corrected chi connectivity index (χ3v) is 2.95. The number of phenolic OH excluding ortho intramolecular Hbond substituents is 1. The number of carbonyl (C=O) groups is 1. The molecule has 1 atom stereocenters. The fourth-order valence-corrected chi connectivity index (χ4v) is 2.08. The standard InChI is InChI=1S/C14H20O3/c1-5-11(15)13(9(2)3)10-7-6-8-12(17-4)14(10)16/h6-9,13,16H,5H2,1-4H3. The van der Waals surface area contributed by atoms with E-state index in [2.05, 4.69) is 0 Å². The lowest BCUT2D eigenvalue weighted by atomic mass is 9.83. The van der Waals surface area contributed by atoms with Gasteiger partial charge in [-0.15, -0.1) is 0 Å². The van der Waals surface area contributed by atoms with Crippen LogP contribution in [0.3, 0.4) is 0 Å². The Morgan fingerprint density at radius 2 is 2.06 bits per heavy atom. The largest absolute Gasteiger partial charge is 0.504 e. The van der Waals surface area contributed by atoms with E-state index in [-0.39, 0.29) is 23.4 Å². The first kappa shape index (κ1) is 13.6. The normalized spacial score (nSPS) is 12.5. The molecule has 3 nitrogen and oxygen atoms in total. The number of hydrogen-bond acceptors (Lipinski definition) is 3. The molecule has 17 heavy (non-hydrogen) atoms. The quantitative estimate of drug-likeness (QED) is 0.854. The molecule has 0 bridgehead atoms. The van der Waals surface area contributed by atoms with Gasteiger partial charge in [-0.25, -0.2) is 0 Å². The molecule has 0 radical (unpaired) electrons. The van der Waals surface area contributed by atoms with Gasteiger partial charge in [0, 0.05) is 17.9 Å². The summed E-state index contributed by atoms with van der Waals surface area (Å²) in [6.45, 7) is 5.81. The zero-order valence-electron chi connectivity index (χ0n) is 10.9. The molecule has 0 fully saturated rings. The molecule has 0 saturated heterocycles. The van der Waals surface area contributed by atoms with E-state index < -0.39 is 0 Å². The van der Waals surface area contributed by atoms with Crippen LogP contribution >= 0.6 is 0 Å². The van der Waals surface area contributed by atoms with Crippen molar-refractivity contribution in [3.63, 3.8) is 0 Å². The highest BCUT2D eigenvalue weighted by molar-refractivity contribution is 5.86. The average Bonchev–Trinajstić information content (AvgIpc) is 2.31. The number of carbonyl (C=O) groups excluding carboxylic acids is 1. The van der Waals surface area contributed by atoms with Crippen LogP contribution in [0.1, 0.15) is 38.7 Å².